The quantitative estimate of drug-likeness (QED) is 0.0946. The van der Waals surface area contributed by atoms with Crippen molar-refractivity contribution in [1.82, 2.24) is 5.32 Å². The molecule has 3 aliphatic rings. The molecule has 0 aromatic heterocycles. The van der Waals surface area contributed by atoms with Gasteiger partial charge < -0.3 is 95.4 Å². The third-order valence-corrected chi connectivity index (χ3v) is 7.45. The summed E-state index contributed by atoms with van der Waals surface area (Å²) in [6.07, 6.45) is -25.2. The van der Waals surface area contributed by atoms with Crippen LogP contribution in [0, 0.1) is 0 Å². The Kier molecular flexibility index (Phi) is 12.9. The van der Waals surface area contributed by atoms with Crippen molar-refractivity contribution in [1.29, 1.82) is 0 Å². The lowest BCUT2D eigenvalue weighted by Gasteiger charge is -2.47. The molecule has 3 fully saturated rings. The summed E-state index contributed by atoms with van der Waals surface area (Å²) in [7, 11) is 0. The predicted octanol–water partition coefficient (Wildman–Crippen LogP) is -9.34. The third kappa shape index (κ3) is 8.32. The molecule has 0 aromatic rings. The molecular weight excluding hydrogens is 594 g/mol. The van der Waals surface area contributed by atoms with Crippen molar-refractivity contribution in [2.75, 3.05) is 33.0 Å². The Balaban J connectivity index is 1.67. The van der Waals surface area contributed by atoms with Crippen LogP contribution >= 0.6 is 0 Å². The molecule has 20 nitrogen and oxygen atoms in total. The minimum atomic E-state index is -2.40. The Morgan fingerprint density at radius 3 is 2.19 bits per heavy atom. The van der Waals surface area contributed by atoms with Crippen LogP contribution in [0.1, 0.15) is 6.42 Å². The summed E-state index contributed by atoms with van der Waals surface area (Å²) in [4.78, 5) is 11.7. The number of aliphatic hydroxyl groups is 13. The van der Waals surface area contributed by atoms with Crippen molar-refractivity contribution in [3.63, 3.8) is 0 Å². The number of nitrogens with one attached hydrogen (secondary N) is 1. The highest BCUT2D eigenvalue weighted by Gasteiger charge is 2.52. The van der Waals surface area contributed by atoms with Gasteiger partial charge in [0.05, 0.1) is 32.0 Å². The number of aliphatic hydroxyl groups excluding tert-OH is 12. The highest BCUT2D eigenvalue weighted by molar-refractivity contribution is 5.77. The largest absolute Gasteiger partial charge is 0.394 e. The van der Waals surface area contributed by atoms with Gasteiger partial charge in [-0.2, -0.15) is 0 Å². The summed E-state index contributed by atoms with van der Waals surface area (Å²) < 4.78 is 26.7. The molecular formula is C23H41NO19. The van der Waals surface area contributed by atoms with Crippen LogP contribution in [0.2, 0.25) is 0 Å². The number of hydrogen-bond donors (Lipinski definition) is 14. The van der Waals surface area contributed by atoms with Gasteiger partial charge in [-0.15, -0.1) is 0 Å². The number of amides is 1. The van der Waals surface area contributed by atoms with E-state index in [1.54, 1.807) is 0 Å². The van der Waals surface area contributed by atoms with Crippen molar-refractivity contribution >= 4 is 5.91 Å². The lowest BCUT2D eigenvalue weighted by molar-refractivity contribution is -0.358. The van der Waals surface area contributed by atoms with Crippen molar-refractivity contribution in [3.05, 3.63) is 0 Å². The predicted molar refractivity (Wildman–Crippen MR) is 131 cm³/mol. The molecule has 252 valence electrons. The molecule has 16 atom stereocenters. The Bertz CT molecular complexity index is 886. The van der Waals surface area contributed by atoms with Crippen molar-refractivity contribution < 1.29 is 94.9 Å². The van der Waals surface area contributed by atoms with E-state index in [4.69, 9.17) is 28.8 Å². The fourth-order valence-electron chi connectivity index (χ4n) is 5.05. The van der Waals surface area contributed by atoms with Crippen molar-refractivity contribution in [3.8, 4) is 0 Å². The highest BCUT2D eigenvalue weighted by Crippen LogP contribution is 2.32. The van der Waals surface area contributed by atoms with E-state index in [0.29, 0.717) is 0 Å². The maximum absolute atomic E-state index is 11.7. The maximum atomic E-state index is 11.7. The van der Waals surface area contributed by atoms with E-state index in [2.05, 4.69) is 5.32 Å². The number of carbonyl (C=O) groups excluding carboxylic acids is 1. The zero-order chi connectivity index (χ0) is 32.2. The smallest absolute Gasteiger partial charge is 0.246 e. The molecule has 0 unspecified atom stereocenters. The van der Waals surface area contributed by atoms with Gasteiger partial charge in [-0.1, -0.05) is 0 Å². The van der Waals surface area contributed by atoms with Gasteiger partial charge in [-0.25, -0.2) is 0 Å². The summed E-state index contributed by atoms with van der Waals surface area (Å²) in [5, 5.41) is 133. The molecule has 3 heterocycles. The molecule has 0 radical (unpaired) electrons. The van der Waals surface area contributed by atoms with Gasteiger partial charge in [0, 0.05) is 6.42 Å². The standard InChI is InChI=1S/C23H41NO19/c25-2-8(29)13(31)20-12(24-11(30)4-27)7(28)1-23(38,43-20)6-39-5-10-14(32)15(33)18(36)22(41-10)42-19-9(3-26)40-21(37)17(35)16(19)34/h7-10,12-22,25-29,31-38H,1-6H2,(H,24,30)/t7-,8+,9+,10+,12+,13+,14-,15-,16+,17+,18+,19+,20+,21-,22-,23-/m0/s1. The van der Waals surface area contributed by atoms with E-state index in [1.165, 1.54) is 0 Å². The van der Waals surface area contributed by atoms with E-state index < -0.39 is 143 Å². The lowest BCUT2D eigenvalue weighted by Crippen LogP contribution is -2.67. The van der Waals surface area contributed by atoms with Crippen LogP contribution in [-0.2, 0) is 28.5 Å². The zero-order valence-electron chi connectivity index (χ0n) is 22.7. The first kappa shape index (κ1) is 36.2. The van der Waals surface area contributed by atoms with Crippen LogP contribution in [0.4, 0.5) is 0 Å². The number of hydrogen-bond acceptors (Lipinski definition) is 19. The fraction of sp³-hybridized carbons (Fsp3) is 0.957. The van der Waals surface area contributed by atoms with Gasteiger partial charge in [0.25, 0.3) is 0 Å². The second-order valence-corrected chi connectivity index (χ2v) is 10.7. The molecule has 14 N–H and O–H groups in total. The van der Waals surface area contributed by atoms with Crippen molar-refractivity contribution in [2.24, 2.45) is 0 Å². The van der Waals surface area contributed by atoms with Gasteiger partial charge in [0.1, 0.15) is 80.4 Å². The summed E-state index contributed by atoms with van der Waals surface area (Å²) in [5.41, 5.74) is 0. The Labute approximate surface area is 243 Å². The molecule has 0 aliphatic carbocycles. The van der Waals surface area contributed by atoms with Crippen LogP contribution in [0.15, 0.2) is 0 Å². The van der Waals surface area contributed by atoms with Crippen LogP contribution < -0.4 is 5.32 Å². The van der Waals surface area contributed by atoms with E-state index in [1.807, 2.05) is 0 Å². The number of ether oxygens (including phenoxy) is 5. The van der Waals surface area contributed by atoms with Gasteiger partial charge in [-0.3, -0.25) is 4.79 Å². The van der Waals surface area contributed by atoms with Gasteiger partial charge >= 0.3 is 0 Å². The molecule has 3 saturated heterocycles. The summed E-state index contributed by atoms with van der Waals surface area (Å²) >= 11 is 0. The molecule has 0 aromatic carbocycles. The SMILES string of the molecule is O=C(CO)N[C@H]1[C@H]([C@H](O)[C@H](O)CO)O[C@](O)(COC[C@H]2O[C@@H](O[C@H]3[C@H](O)[C@@H](O)[C@@H](O)O[C@@H]3CO)[C@H](O)[C@@H](O)[C@H]2O)C[C@@H]1O. The highest BCUT2D eigenvalue weighted by atomic mass is 16.7. The van der Waals surface area contributed by atoms with Crippen molar-refractivity contribution in [2.45, 2.75) is 104 Å². The Morgan fingerprint density at radius 2 is 1.58 bits per heavy atom. The number of carbonyl (C=O) groups is 1. The van der Waals surface area contributed by atoms with E-state index in [0.717, 1.165) is 0 Å². The monoisotopic (exact) mass is 635 g/mol. The molecule has 0 spiro atoms. The average Bonchev–Trinajstić information content (AvgIpc) is 2.98. The first-order valence-corrected chi connectivity index (χ1v) is 13.4. The molecule has 43 heavy (non-hydrogen) atoms. The summed E-state index contributed by atoms with van der Waals surface area (Å²) in [5.74, 6) is -3.38. The minimum absolute atomic E-state index is 0.640. The third-order valence-electron chi connectivity index (χ3n) is 7.45. The molecule has 3 rings (SSSR count). The van der Waals surface area contributed by atoms with Crippen LogP contribution in [0.25, 0.3) is 0 Å². The van der Waals surface area contributed by atoms with Gasteiger partial charge in [0.2, 0.25) is 5.91 Å². The molecule has 1 amide bonds. The van der Waals surface area contributed by atoms with E-state index in [9.17, 15) is 66.1 Å². The van der Waals surface area contributed by atoms with E-state index in [-0.39, 0.29) is 0 Å². The molecule has 20 heteroatoms. The van der Waals surface area contributed by atoms with Crippen LogP contribution in [-0.4, -0.2) is 203 Å². The summed E-state index contributed by atoms with van der Waals surface area (Å²) in [6, 6.07) is -1.45. The average molecular weight is 636 g/mol. The first-order chi connectivity index (χ1) is 20.2. The summed E-state index contributed by atoms with van der Waals surface area (Å²) in [6.45, 7) is -4.19. The fourth-order valence-corrected chi connectivity index (χ4v) is 5.05. The van der Waals surface area contributed by atoms with Crippen LogP contribution in [0.5, 0.6) is 0 Å². The Morgan fingerprint density at radius 1 is 0.907 bits per heavy atom. The maximum Gasteiger partial charge on any atom is 0.246 e. The normalized spacial score (nSPS) is 45.4. The molecule has 0 bridgehead atoms. The lowest BCUT2D eigenvalue weighted by atomic mass is 9.89. The molecule has 0 saturated carbocycles. The minimum Gasteiger partial charge on any atom is -0.394 e. The van der Waals surface area contributed by atoms with Gasteiger partial charge in [-0.05, 0) is 0 Å². The zero-order valence-corrected chi connectivity index (χ0v) is 22.7. The second kappa shape index (κ2) is 15.4. The first-order valence-electron chi connectivity index (χ1n) is 13.4. The van der Waals surface area contributed by atoms with Crippen LogP contribution in [0.3, 0.4) is 0 Å². The van der Waals surface area contributed by atoms with Gasteiger partial charge in [0.15, 0.2) is 18.4 Å². The molecule has 3 aliphatic heterocycles. The topological polar surface area (TPSA) is 338 Å². The number of rotatable bonds is 12. The second-order valence-electron chi connectivity index (χ2n) is 10.7. The van der Waals surface area contributed by atoms with E-state index >= 15 is 0 Å². The Hall–Kier alpha value is -1.25.